The van der Waals surface area contributed by atoms with Gasteiger partial charge in [-0.1, -0.05) is 60.3 Å². The zero-order valence-electron chi connectivity index (χ0n) is 40.1. The summed E-state index contributed by atoms with van der Waals surface area (Å²) in [6, 6.07) is 17.1. The van der Waals surface area contributed by atoms with E-state index in [9.17, 15) is 39.9 Å². The Morgan fingerprint density at radius 2 is 0.955 bits per heavy atom. The van der Waals surface area contributed by atoms with Gasteiger partial charge in [-0.25, -0.2) is 0 Å². The number of azo groups is 2. The zero-order chi connectivity index (χ0) is 48.9. The van der Waals surface area contributed by atoms with Crippen molar-refractivity contribution in [2.45, 2.75) is 133 Å². The van der Waals surface area contributed by atoms with Gasteiger partial charge in [-0.15, -0.1) is 10.2 Å². The highest BCUT2D eigenvalue weighted by Gasteiger charge is 2.22. The topological polar surface area (TPSA) is 222 Å². The van der Waals surface area contributed by atoms with Crippen LogP contribution in [-0.2, 0) is 6.54 Å². The maximum absolute atomic E-state index is 12.9. The fourth-order valence-electron chi connectivity index (χ4n) is 6.94. The van der Waals surface area contributed by atoms with E-state index in [0.29, 0.717) is 28.9 Å². The number of aromatic nitrogens is 2. The smallest absolute Gasteiger partial charge is 0.281 e. The fourth-order valence-corrected chi connectivity index (χ4v) is 6.94. The number of aromatic hydroxyl groups is 2. The Balaban J connectivity index is 0.000000350. The normalized spacial score (nSPS) is 11.1. The molecule has 352 valence electrons. The summed E-state index contributed by atoms with van der Waals surface area (Å²) in [6.45, 7) is 20.1. The van der Waals surface area contributed by atoms with Gasteiger partial charge in [0.05, 0.1) is 11.4 Å². The first-order chi connectivity index (χ1) is 31.6. The lowest BCUT2D eigenvalue weighted by molar-refractivity contribution is 0.0743. The van der Waals surface area contributed by atoms with Crippen molar-refractivity contribution in [2.75, 3.05) is 26.2 Å². The molecule has 0 aliphatic rings. The van der Waals surface area contributed by atoms with Crippen molar-refractivity contribution in [1.82, 2.24) is 18.9 Å². The van der Waals surface area contributed by atoms with Crippen LogP contribution in [0.4, 0.5) is 22.7 Å². The Kier molecular flexibility index (Phi) is 21.6. The number of carbonyl (C=O) groups is 2. The standard InChI is InChI=1S/2C25H33N5O3/c1-6-8-14-29(15-9-7-2)23(31)19-10-12-20(13-11-19)27-28-22-18(5)21(16-26)24(32)30(17(3)4)25(22)33;1-5-8-15-29(16-9-6-2)23(31)19-10-12-20(13-11-19)27-28-22-18(4)21(17-26)24(32)30(14-7-3)25(22)33/h10-13,17,32H,6-9,14-15H2,1-5H3;10-13,32H,5-9,14-16H2,1-4H3. The van der Waals surface area contributed by atoms with Gasteiger partial charge in [0, 0.05) is 61.0 Å². The van der Waals surface area contributed by atoms with Crippen LogP contribution in [0.25, 0.3) is 0 Å². The maximum atomic E-state index is 12.9. The fraction of sp³-hybridized carbons (Fsp3) is 0.480. The van der Waals surface area contributed by atoms with Crippen molar-refractivity contribution in [3.63, 3.8) is 0 Å². The van der Waals surface area contributed by atoms with E-state index in [1.165, 1.54) is 0 Å². The Labute approximate surface area is 388 Å². The molecule has 16 nitrogen and oxygen atoms in total. The van der Waals surface area contributed by atoms with Crippen molar-refractivity contribution in [3.8, 4) is 23.9 Å². The van der Waals surface area contributed by atoms with E-state index < -0.39 is 11.1 Å². The van der Waals surface area contributed by atoms with Gasteiger partial charge in [0.1, 0.15) is 23.3 Å². The van der Waals surface area contributed by atoms with Crippen molar-refractivity contribution in [1.29, 1.82) is 10.5 Å². The number of amides is 2. The minimum Gasteiger partial charge on any atom is -0.493 e. The highest BCUT2D eigenvalue weighted by atomic mass is 16.3. The molecule has 0 fully saturated rings. The monoisotopic (exact) mass is 903 g/mol. The van der Waals surface area contributed by atoms with Crippen LogP contribution in [0.15, 0.2) is 78.6 Å². The second-order valence-electron chi connectivity index (χ2n) is 16.3. The van der Waals surface area contributed by atoms with Crippen molar-refractivity contribution in [3.05, 3.63) is 103 Å². The molecular formula is C50H66N10O6. The van der Waals surface area contributed by atoms with E-state index in [0.717, 1.165) is 86.7 Å². The molecule has 0 atom stereocenters. The van der Waals surface area contributed by atoms with Crippen molar-refractivity contribution >= 4 is 34.6 Å². The molecule has 2 heterocycles. The molecular weight excluding hydrogens is 837 g/mol. The number of rotatable bonds is 21. The summed E-state index contributed by atoms with van der Waals surface area (Å²) in [6.07, 6.45) is 8.58. The number of pyridine rings is 2. The Hall–Kier alpha value is -6.94. The predicted molar refractivity (Wildman–Crippen MR) is 257 cm³/mol. The summed E-state index contributed by atoms with van der Waals surface area (Å²) in [7, 11) is 0. The first-order valence-electron chi connectivity index (χ1n) is 23.0. The first-order valence-corrected chi connectivity index (χ1v) is 23.0. The number of unbranched alkanes of at least 4 members (excludes halogenated alkanes) is 4. The van der Waals surface area contributed by atoms with Crippen LogP contribution in [0.2, 0.25) is 0 Å². The van der Waals surface area contributed by atoms with E-state index in [1.807, 2.05) is 28.9 Å². The molecule has 2 aromatic heterocycles. The Bertz CT molecular complexity index is 2510. The highest BCUT2D eigenvalue weighted by Crippen LogP contribution is 2.30. The molecule has 0 spiro atoms. The van der Waals surface area contributed by atoms with Crippen LogP contribution in [-0.4, -0.2) is 67.1 Å². The van der Waals surface area contributed by atoms with E-state index in [-0.39, 0.29) is 69.8 Å². The van der Waals surface area contributed by atoms with E-state index in [4.69, 9.17) is 0 Å². The summed E-state index contributed by atoms with van der Waals surface area (Å²) in [4.78, 5) is 55.2. The molecule has 16 heteroatoms. The molecule has 2 amide bonds. The number of hydrogen-bond acceptors (Lipinski definition) is 12. The molecule has 0 saturated heterocycles. The molecule has 0 aliphatic carbocycles. The number of benzene rings is 2. The third kappa shape index (κ3) is 13.8. The largest absolute Gasteiger partial charge is 0.493 e. The molecule has 0 aliphatic heterocycles. The zero-order valence-corrected chi connectivity index (χ0v) is 40.1. The molecule has 0 radical (unpaired) electrons. The van der Waals surface area contributed by atoms with Gasteiger partial charge in [0.15, 0.2) is 11.4 Å². The van der Waals surface area contributed by atoms with Gasteiger partial charge in [-0.3, -0.25) is 28.3 Å². The minimum absolute atomic E-state index is 0.00237. The van der Waals surface area contributed by atoms with Crippen LogP contribution in [0.1, 0.15) is 155 Å². The van der Waals surface area contributed by atoms with Gasteiger partial charge >= 0.3 is 0 Å². The number of hydrogen-bond donors (Lipinski definition) is 2. The number of carbonyl (C=O) groups excluding carboxylic acids is 2. The van der Waals surface area contributed by atoms with E-state index in [2.05, 4.69) is 48.2 Å². The van der Waals surface area contributed by atoms with E-state index >= 15 is 0 Å². The molecule has 4 rings (SSSR count). The van der Waals surface area contributed by atoms with Crippen LogP contribution < -0.4 is 11.1 Å². The second-order valence-corrected chi connectivity index (χ2v) is 16.3. The SMILES string of the molecule is CCCCN(CCCC)C(=O)c1ccc(N=Nc2c(C)c(C#N)c(O)n(C(C)C)c2=O)cc1.CCCCN(CCCC)C(=O)c1ccc(N=Nc2c(C)c(C#N)c(O)n(CCC)c2=O)cc1. The molecule has 66 heavy (non-hydrogen) atoms. The van der Waals surface area contributed by atoms with Crippen molar-refractivity contribution in [2.24, 2.45) is 20.5 Å². The van der Waals surface area contributed by atoms with E-state index in [1.54, 1.807) is 76.2 Å². The molecule has 0 bridgehead atoms. The molecule has 0 unspecified atom stereocenters. The summed E-state index contributed by atoms with van der Waals surface area (Å²) in [5, 5.41) is 55.8. The first kappa shape index (κ1) is 53.4. The van der Waals surface area contributed by atoms with Crippen LogP contribution >= 0.6 is 0 Å². The Morgan fingerprint density at radius 3 is 1.29 bits per heavy atom. The molecule has 2 N–H and O–H groups in total. The second kappa shape index (κ2) is 26.8. The number of nitrogens with zero attached hydrogens (tertiary/aromatic N) is 10. The van der Waals surface area contributed by atoms with Crippen LogP contribution in [0.3, 0.4) is 0 Å². The summed E-state index contributed by atoms with van der Waals surface area (Å²) in [5.74, 6) is -0.726. The average molecular weight is 903 g/mol. The third-order valence-electron chi connectivity index (χ3n) is 10.9. The predicted octanol–water partition coefficient (Wildman–Crippen LogP) is 11.4. The van der Waals surface area contributed by atoms with Crippen LogP contribution in [0, 0.1) is 36.5 Å². The van der Waals surface area contributed by atoms with Gasteiger partial charge in [0.2, 0.25) is 11.8 Å². The van der Waals surface area contributed by atoms with Crippen molar-refractivity contribution < 1.29 is 19.8 Å². The third-order valence-corrected chi connectivity index (χ3v) is 10.9. The molecule has 0 saturated carbocycles. The van der Waals surface area contributed by atoms with Gasteiger partial charge in [-0.05, 0) is 108 Å². The maximum Gasteiger partial charge on any atom is 0.281 e. The number of nitriles is 2. The van der Waals surface area contributed by atoms with Gasteiger partial charge in [0.25, 0.3) is 22.9 Å². The average Bonchev–Trinajstić information content (AvgIpc) is 3.30. The highest BCUT2D eigenvalue weighted by molar-refractivity contribution is 5.95. The van der Waals surface area contributed by atoms with Gasteiger partial charge < -0.3 is 20.0 Å². The minimum atomic E-state index is -0.517. The molecule has 4 aromatic rings. The molecule has 2 aromatic carbocycles. The summed E-state index contributed by atoms with van der Waals surface area (Å²) in [5.41, 5.74) is 1.69. The lowest BCUT2D eigenvalue weighted by Gasteiger charge is -2.22. The Morgan fingerprint density at radius 1 is 0.591 bits per heavy atom. The lowest BCUT2D eigenvalue weighted by Crippen LogP contribution is -2.32. The van der Waals surface area contributed by atoms with Gasteiger partial charge in [-0.2, -0.15) is 20.8 Å². The lowest BCUT2D eigenvalue weighted by atomic mass is 10.1. The quantitative estimate of drug-likeness (QED) is 0.0763. The summed E-state index contributed by atoms with van der Waals surface area (Å²) < 4.78 is 2.27. The van der Waals surface area contributed by atoms with Crippen LogP contribution in [0.5, 0.6) is 11.8 Å². The summed E-state index contributed by atoms with van der Waals surface area (Å²) >= 11 is 0.